The Labute approximate surface area is 104 Å². The van der Waals surface area contributed by atoms with Crippen LogP contribution in [0.1, 0.15) is 18.0 Å². The van der Waals surface area contributed by atoms with E-state index in [9.17, 15) is 4.79 Å². The van der Waals surface area contributed by atoms with Gasteiger partial charge in [-0.2, -0.15) is 0 Å². The minimum absolute atomic E-state index is 0.0515. The van der Waals surface area contributed by atoms with Gasteiger partial charge in [-0.3, -0.25) is 0 Å². The molecule has 1 heterocycles. The van der Waals surface area contributed by atoms with Gasteiger partial charge in [0.1, 0.15) is 0 Å². The Morgan fingerprint density at radius 1 is 1.33 bits per heavy atom. The molecule has 0 aliphatic carbocycles. The van der Waals surface area contributed by atoms with Crippen LogP contribution in [0.4, 0.5) is 4.79 Å². The van der Waals surface area contributed by atoms with Crippen molar-refractivity contribution in [1.82, 2.24) is 5.32 Å². The Morgan fingerprint density at radius 3 is 2.80 bits per heavy atom. The van der Waals surface area contributed by atoms with Gasteiger partial charge in [-0.25, -0.2) is 4.79 Å². The molecule has 0 saturated carbocycles. The molecule has 1 amide bonds. The van der Waals surface area contributed by atoms with Crippen LogP contribution in [-0.4, -0.2) is 12.7 Å². The number of hydrogen-bond donors (Lipinski definition) is 1. The third-order valence-corrected chi connectivity index (χ3v) is 4.16. The van der Waals surface area contributed by atoms with E-state index >= 15 is 0 Å². The van der Waals surface area contributed by atoms with Gasteiger partial charge in [-0.15, -0.1) is 0 Å². The lowest BCUT2D eigenvalue weighted by Crippen LogP contribution is -2.35. The Kier molecular flexibility index (Phi) is 3.31. The van der Waals surface area contributed by atoms with Crippen molar-refractivity contribution in [3.8, 4) is 0 Å². The van der Waals surface area contributed by atoms with Crippen LogP contribution in [0.15, 0.2) is 27.1 Å². The maximum Gasteiger partial charge on any atom is 0.407 e. The number of alkyl carbamates (subject to hydrolysis) is 1. The standard InChI is InChI=1S/C10H9Br2NO2/c11-7-2-1-6(5-8(7)12)9-3-4-15-10(14)13-9/h1-2,5,9H,3-4H2,(H,13,14)/t9-/m0/s1. The summed E-state index contributed by atoms with van der Waals surface area (Å²) >= 11 is 6.84. The minimum Gasteiger partial charge on any atom is -0.449 e. The van der Waals surface area contributed by atoms with E-state index in [0.29, 0.717) is 6.61 Å². The van der Waals surface area contributed by atoms with Crippen molar-refractivity contribution in [3.63, 3.8) is 0 Å². The Hall–Kier alpha value is -0.550. The number of carbonyl (C=O) groups is 1. The monoisotopic (exact) mass is 333 g/mol. The van der Waals surface area contributed by atoms with E-state index in [4.69, 9.17) is 4.74 Å². The summed E-state index contributed by atoms with van der Waals surface area (Å²) in [5.74, 6) is 0. The van der Waals surface area contributed by atoms with Crippen molar-refractivity contribution in [2.75, 3.05) is 6.61 Å². The minimum atomic E-state index is -0.342. The highest BCUT2D eigenvalue weighted by Gasteiger charge is 2.20. The van der Waals surface area contributed by atoms with Gasteiger partial charge in [0.15, 0.2) is 0 Å². The highest BCUT2D eigenvalue weighted by Crippen LogP contribution is 2.28. The molecule has 5 heteroatoms. The lowest BCUT2D eigenvalue weighted by Gasteiger charge is -2.23. The van der Waals surface area contributed by atoms with E-state index in [1.54, 1.807) is 0 Å². The second-order valence-electron chi connectivity index (χ2n) is 3.30. The third-order valence-electron chi connectivity index (χ3n) is 2.28. The molecule has 3 nitrogen and oxygen atoms in total. The molecular formula is C10H9Br2NO2. The number of hydrogen-bond acceptors (Lipinski definition) is 2. The first-order valence-corrected chi connectivity index (χ1v) is 6.13. The lowest BCUT2D eigenvalue weighted by atomic mass is 10.0. The number of amides is 1. The molecule has 0 spiro atoms. The molecule has 1 saturated heterocycles. The molecule has 0 bridgehead atoms. The molecule has 1 atom stereocenters. The van der Waals surface area contributed by atoms with Crippen molar-refractivity contribution in [2.24, 2.45) is 0 Å². The van der Waals surface area contributed by atoms with Crippen LogP contribution in [0.25, 0.3) is 0 Å². The average molecular weight is 335 g/mol. The highest BCUT2D eigenvalue weighted by atomic mass is 79.9. The zero-order valence-corrected chi connectivity index (χ0v) is 11.0. The summed E-state index contributed by atoms with van der Waals surface area (Å²) in [7, 11) is 0. The molecule has 0 unspecified atom stereocenters. The first-order chi connectivity index (χ1) is 7.16. The smallest absolute Gasteiger partial charge is 0.407 e. The highest BCUT2D eigenvalue weighted by molar-refractivity contribution is 9.13. The third kappa shape index (κ3) is 2.52. The molecule has 1 aliphatic rings. The Bertz CT molecular complexity index is 395. The number of benzene rings is 1. The van der Waals surface area contributed by atoms with E-state index in [0.717, 1.165) is 20.9 Å². The largest absolute Gasteiger partial charge is 0.449 e. The van der Waals surface area contributed by atoms with Crippen LogP contribution < -0.4 is 5.32 Å². The summed E-state index contributed by atoms with van der Waals surface area (Å²) in [6, 6.07) is 6.00. The fraction of sp³-hybridized carbons (Fsp3) is 0.300. The van der Waals surface area contributed by atoms with Crippen molar-refractivity contribution < 1.29 is 9.53 Å². The van der Waals surface area contributed by atoms with Crippen molar-refractivity contribution in [2.45, 2.75) is 12.5 Å². The van der Waals surface area contributed by atoms with E-state index in [-0.39, 0.29) is 12.1 Å². The van der Waals surface area contributed by atoms with Gasteiger partial charge in [0, 0.05) is 15.4 Å². The van der Waals surface area contributed by atoms with Gasteiger partial charge in [0.25, 0.3) is 0 Å². The van der Waals surface area contributed by atoms with E-state index in [1.807, 2.05) is 18.2 Å². The second-order valence-corrected chi connectivity index (χ2v) is 5.00. The zero-order chi connectivity index (χ0) is 10.8. The van der Waals surface area contributed by atoms with E-state index in [1.165, 1.54) is 0 Å². The van der Waals surface area contributed by atoms with Gasteiger partial charge < -0.3 is 10.1 Å². The first kappa shape index (κ1) is 11.0. The van der Waals surface area contributed by atoms with E-state index in [2.05, 4.69) is 37.2 Å². The Morgan fingerprint density at radius 2 is 2.13 bits per heavy atom. The fourth-order valence-electron chi connectivity index (χ4n) is 1.50. The topological polar surface area (TPSA) is 38.3 Å². The van der Waals surface area contributed by atoms with Crippen LogP contribution in [0.5, 0.6) is 0 Å². The van der Waals surface area contributed by atoms with Gasteiger partial charge in [0.2, 0.25) is 0 Å². The summed E-state index contributed by atoms with van der Waals surface area (Å²) < 4.78 is 6.80. The fourth-order valence-corrected chi connectivity index (χ4v) is 2.15. The average Bonchev–Trinajstić information content (AvgIpc) is 2.22. The van der Waals surface area contributed by atoms with Crippen molar-refractivity contribution in [3.05, 3.63) is 32.7 Å². The number of carbonyl (C=O) groups excluding carboxylic acids is 1. The quantitative estimate of drug-likeness (QED) is 0.855. The number of ether oxygens (including phenoxy) is 1. The van der Waals surface area contributed by atoms with Gasteiger partial charge in [-0.1, -0.05) is 6.07 Å². The number of nitrogens with one attached hydrogen (secondary N) is 1. The van der Waals surface area contributed by atoms with Crippen LogP contribution in [0, 0.1) is 0 Å². The number of rotatable bonds is 1. The number of halogens is 2. The van der Waals surface area contributed by atoms with Crippen molar-refractivity contribution in [1.29, 1.82) is 0 Å². The number of cyclic esters (lactones) is 1. The SMILES string of the molecule is O=C1N[C@H](c2ccc(Br)c(Br)c2)CCO1. The van der Waals surface area contributed by atoms with Crippen LogP contribution in [0.3, 0.4) is 0 Å². The second kappa shape index (κ2) is 4.53. The molecule has 1 N–H and O–H groups in total. The summed E-state index contributed by atoms with van der Waals surface area (Å²) in [4.78, 5) is 11.0. The Balaban J connectivity index is 2.21. The van der Waals surface area contributed by atoms with Crippen molar-refractivity contribution >= 4 is 38.0 Å². The molecule has 1 fully saturated rings. The molecule has 1 aromatic rings. The maximum absolute atomic E-state index is 11.0. The molecular weight excluding hydrogens is 326 g/mol. The normalized spacial score (nSPS) is 20.7. The molecule has 80 valence electrons. The lowest BCUT2D eigenvalue weighted by molar-refractivity contribution is 0.115. The molecule has 2 rings (SSSR count). The molecule has 0 aromatic heterocycles. The van der Waals surface area contributed by atoms with Gasteiger partial charge in [-0.05, 0) is 49.6 Å². The van der Waals surface area contributed by atoms with Crippen LogP contribution in [-0.2, 0) is 4.74 Å². The summed E-state index contributed by atoms with van der Waals surface area (Å²) in [6.07, 6.45) is 0.463. The van der Waals surface area contributed by atoms with Gasteiger partial charge in [0.05, 0.1) is 12.6 Å². The van der Waals surface area contributed by atoms with Crippen LogP contribution in [0.2, 0.25) is 0 Å². The van der Waals surface area contributed by atoms with E-state index < -0.39 is 0 Å². The molecule has 1 aliphatic heterocycles. The predicted octanol–water partition coefficient (Wildman–Crippen LogP) is 3.38. The summed E-state index contributed by atoms with van der Waals surface area (Å²) in [5, 5.41) is 2.78. The van der Waals surface area contributed by atoms with Crippen LogP contribution >= 0.6 is 31.9 Å². The maximum atomic E-state index is 11.0. The first-order valence-electron chi connectivity index (χ1n) is 4.55. The van der Waals surface area contributed by atoms with Gasteiger partial charge >= 0.3 is 6.09 Å². The molecule has 15 heavy (non-hydrogen) atoms. The summed E-state index contributed by atoms with van der Waals surface area (Å²) in [5.41, 5.74) is 1.08. The zero-order valence-electron chi connectivity index (χ0n) is 7.80. The predicted molar refractivity (Wildman–Crippen MR) is 63.7 cm³/mol. The molecule has 0 radical (unpaired) electrons. The summed E-state index contributed by atoms with van der Waals surface area (Å²) in [6.45, 7) is 0.476. The molecule has 1 aromatic carbocycles.